The van der Waals surface area contributed by atoms with Gasteiger partial charge in [0, 0.05) is 6.54 Å². The predicted octanol–water partition coefficient (Wildman–Crippen LogP) is 0.0472. The Morgan fingerprint density at radius 1 is 1.59 bits per heavy atom. The number of carbonyl (C=O) groups excluding carboxylic acids is 1. The number of nitrogens with one attached hydrogen (secondary N) is 1. The molecule has 1 aliphatic heterocycles. The van der Waals surface area contributed by atoms with Gasteiger partial charge in [-0.1, -0.05) is 0 Å². The smallest absolute Gasteiger partial charge is 0.368 e. The van der Waals surface area contributed by atoms with E-state index in [0.29, 0.717) is 0 Å². The van der Waals surface area contributed by atoms with E-state index >= 15 is 0 Å². The molecular weight excluding hydrogens is 239 g/mol. The molecule has 9 heteroatoms. The number of halogens is 3. The number of hydrogen-bond acceptors (Lipinski definition) is 4. The molecule has 0 bridgehead atoms. The van der Waals surface area contributed by atoms with Crippen molar-refractivity contribution in [2.45, 2.75) is 18.6 Å². The first kappa shape index (κ1) is 11.7. The molecule has 1 aromatic heterocycles. The highest BCUT2D eigenvalue weighted by atomic mass is 19.4. The second-order valence-corrected chi connectivity index (χ2v) is 3.84. The zero-order valence-corrected chi connectivity index (χ0v) is 8.61. The minimum atomic E-state index is -4.35. The summed E-state index contributed by atoms with van der Waals surface area (Å²) in [7, 11) is 0. The summed E-state index contributed by atoms with van der Waals surface area (Å²) in [6.45, 7) is -0.352. The molecule has 17 heavy (non-hydrogen) atoms. The van der Waals surface area contributed by atoms with Crippen LogP contribution in [0.4, 0.5) is 19.1 Å². The highest BCUT2D eigenvalue weighted by Gasteiger charge is 2.49. The summed E-state index contributed by atoms with van der Waals surface area (Å²) in [5.74, 6) is -2.33. The predicted molar refractivity (Wildman–Crippen MR) is 50.9 cm³/mol. The Labute approximate surface area is 94.0 Å². The SMILES string of the molecule is NC(=O)C1CC(C(F)(F)F)CN1c1nc[nH]n1. The van der Waals surface area contributed by atoms with Crippen molar-refractivity contribution in [3.8, 4) is 0 Å². The van der Waals surface area contributed by atoms with Crippen molar-refractivity contribution in [1.29, 1.82) is 0 Å². The standard InChI is InChI=1S/C8H10F3N5O/c9-8(10,11)4-1-5(6(12)17)16(2-4)7-13-3-14-15-7/h3-5H,1-2H2,(H2,12,17)(H,13,14,15). The van der Waals surface area contributed by atoms with Crippen LogP contribution in [0.3, 0.4) is 0 Å². The van der Waals surface area contributed by atoms with Gasteiger partial charge in [-0.25, -0.2) is 4.98 Å². The monoisotopic (exact) mass is 249 g/mol. The first-order valence-electron chi connectivity index (χ1n) is 4.88. The molecule has 0 spiro atoms. The minimum absolute atomic E-state index is 0.0561. The lowest BCUT2D eigenvalue weighted by atomic mass is 10.1. The van der Waals surface area contributed by atoms with Crippen molar-refractivity contribution in [3.63, 3.8) is 0 Å². The van der Waals surface area contributed by atoms with Crippen molar-refractivity contribution >= 4 is 11.9 Å². The summed E-state index contributed by atoms with van der Waals surface area (Å²) in [6, 6.07) is -1.02. The molecule has 2 heterocycles. The summed E-state index contributed by atoms with van der Waals surface area (Å²) in [6.07, 6.45) is -3.47. The number of anilines is 1. The van der Waals surface area contributed by atoms with Crippen molar-refractivity contribution in [2.24, 2.45) is 11.7 Å². The molecule has 6 nitrogen and oxygen atoms in total. The third kappa shape index (κ3) is 2.17. The van der Waals surface area contributed by atoms with Gasteiger partial charge in [-0.05, 0) is 6.42 Å². The van der Waals surface area contributed by atoms with Crippen LogP contribution >= 0.6 is 0 Å². The fourth-order valence-corrected chi connectivity index (χ4v) is 1.90. The quantitative estimate of drug-likeness (QED) is 0.775. The van der Waals surface area contributed by atoms with Gasteiger partial charge in [0.1, 0.15) is 12.4 Å². The van der Waals surface area contributed by atoms with Crippen LogP contribution in [0.5, 0.6) is 0 Å². The highest BCUT2D eigenvalue weighted by Crippen LogP contribution is 2.37. The summed E-state index contributed by atoms with van der Waals surface area (Å²) < 4.78 is 37.8. The number of primary amides is 1. The molecular formula is C8H10F3N5O. The van der Waals surface area contributed by atoms with E-state index in [-0.39, 0.29) is 18.9 Å². The van der Waals surface area contributed by atoms with E-state index in [0.717, 1.165) is 0 Å². The molecule has 94 valence electrons. The Morgan fingerprint density at radius 3 is 2.76 bits per heavy atom. The van der Waals surface area contributed by atoms with E-state index in [1.165, 1.54) is 11.2 Å². The van der Waals surface area contributed by atoms with Gasteiger partial charge in [-0.3, -0.25) is 9.89 Å². The van der Waals surface area contributed by atoms with Crippen LogP contribution in [0.15, 0.2) is 6.33 Å². The first-order chi connectivity index (χ1) is 7.89. The number of nitrogens with zero attached hydrogens (tertiary/aromatic N) is 3. The molecule has 3 N–H and O–H groups in total. The average Bonchev–Trinajstić information content (AvgIpc) is 2.85. The minimum Gasteiger partial charge on any atom is -0.368 e. The third-order valence-corrected chi connectivity index (χ3v) is 2.75. The second kappa shape index (κ2) is 3.90. The number of nitrogens with two attached hydrogens (primary N) is 1. The topological polar surface area (TPSA) is 87.9 Å². The Hall–Kier alpha value is -1.80. The maximum atomic E-state index is 12.6. The second-order valence-electron chi connectivity index (χ2n) is 3.84. The van der Waals surface area contributed by atoms with Gasteiger partial charge in [-0.15, -0.1) is 5.10 Å². The van der Waals surface area contributed by atoms with Crippen LogP contribution in [0.2, 0.25) is 0 Å². The zero-order chi connectivity index (χ0) is 12.6. The number of aromatic nitrogens is 3. The first-order valence-corrected chi connectivity index (χ1v) is 4.88. The van der Waals surface area contributed by atoms with Crippen LogP contribution in [0.1, 0.15) is 6.42 Å². The maximum absolute atomic E-state index is 12.6. The number of carbonyl (C=O) groups is 1. The summed E-state index contributed by atoms with van der Waals surface area (Å²) in [5.41, 5.74) is 5.09. The zero-order valence-electron chi connectivity index (χ0n) is 8.61. The number of rotatable bonds is 2. The molecule has 1 aromatic rings. The van der Waals surface area contributed by atoms with Gasteiger partial charge in [0.25, 0.3) is 0 Å². The van der Waals surface area contributed by atoms with E-state index in [2.05, 4.69) is 15.2 Å². The number of alkyl halides is 3. The van der Waals surface area contributed by atoms with Gasteiger partial charge in [-0.2, -0.15) is 13.2 Å². The molecule has 1 aliphatic rings. The van der Waals surface area contributed by atoms with Crippen molar-refractivity contribution in [2.75, 3.05) is 11.4 Å². The molecule has 1 fully saturated rings. The lowest BCUT2D eigenvalue weighted by molar-refractivity contribution is -0.168. The van der Waals surface area contributed by atoms with Crippen molar-refractivity contribution < 1.29 is 18.0 Å². The molecule has 0 radical (unpaired) electrons. The maximum Gasteiger partial charge on any atom is 0.393 e. The lowest BCUT2D eigenvalue weighted by Crippen LogP contribution is -2.40. The molecule has 1 amide bonds. The Morgan fingerprint density at radius 2 is 2.29 bits per heavy atom. The average molecular weight is 249 g/mol. The summed E-state index contributed by atoms with van der Waals surface area (Å²) >= 11 is 0. The number of H-pyrrole nitrogens is 1. The fraction of sp³-hybridized carbons (Fsp3) is 0.625. The van der Waals surface area contributed by atoms with Gasteiger partial charge >= 0.3 is 6.18 Å². The Kier molecular flexibility index (Phi) is 2.68. The van der Waals surface area contributed by atoms with E-state index in [1.807, 2.05) is 0 Å². The van der Waals surface area contributed by atoms with Gasteiger partial charge in [0.2, 0.25) is 11.9 Å². The molecule has 0 aliphatic carbocycles. The number of amides is 1. The van der Waals surface area contributed by atoms with Gasteiger partial charge < -0.3 is 10.6 Å². The Balaban J connectivity index is 2.23. The molecule has 2 atom stereocenters. The number of hydrogen-bond donors (Lipinski definition) is 2. The fourth-order valence-electron chi connectivity index (χ4n) is 1.90. The van der Waals surface area contributed by atoms with E-state index in [1.54, 1.807) is 0 Å². The summed E-state index contributed by atoms with van der Waals surface area (Å²) in [5, 5.41) is 6.05. The van der Waals surface area contributed by atoms with E-state index in [4.69, 9.17) is 5.73 Å². The van der Waals surface area contributed by atoms with Crippen molar-refractivity contribution in [1.82, 2.24) is 15.2 Å². The highest BCUT2D eigenvalue weighted by molar-refractivity contribution is 5.83. The largest absolute Gasteiger partial charge is 0.393 e. The normalized spacial score (nSPS) is 25.2. The molecule has 1 saturated heterocycles. The van der Waals surface area contributed by atoms with Gasteiger partial charge in [0.15, 0.2) is 0 Å². The third-order valence-electron chi connectivity index (χ3n) is 2.75. The van der Waals surface area contributed by atoms with E-state index in [9.17, 15) is 18.0 Å². The van der Waals surface area contributed by atoms with Crippen LogP contribution < -0.4 is 10.6 Å². The molecule has 0 saturated carbocycles. The van der Waals surface area contributed by atoms with Gasteiger partial charge in [0.05, 0.1) is 5.92 Å². The summed E-state index contributed by atoms with van der Waals surface area (Å²) in [4.78, 5) is 16.0. The molecule has 2 rings (SSSR count). The molecule has 2 unspecified atom stereocenters. The lowest BCUT2D eigenvalue weighted by Gasteiger charge is -2.19. The van der Waals surface area contributed by atoms with Crippen LogP contribution in [0.25, 0.3) is 0 Å². The Bertz CT molecular complexity index is 404. The van der Waals surface area contributed by atoms with Crippen LogP contribution in [0, 0.1) is 5.92 Å². The van der Waals surface area contributed by atoms with E-state index < -0.39 is 24.0 Å². The van der Waals surface area contributed by atoms with Crippen LogP contribution in [-0.2, 0) is 4.79 Å². The van der Waals surface area contributed by atoms with Crippen molar-refractivity contribution in [3.05, 3.63) is 6.33 Å². The molecule has 0 aromatic carbocycles. The van der Waals surface area contributed by atoms with Crippen LogP contribution in [-0.4, -0.2) is 39.9 Å². The number of aromatic amines is 1.